The minimum absolute atomic E-state index is 0.162. The van der Waals surface area contributed by atoms with Crippen LogP contribution in [0.3, 0.4) is 0 Å². The Hall–Kier alpha value is -4.19. The van der Waals surface area contributed by atoms with E-state index >= 15 is 0 Å². The molecule has 0 saturated heterocycles. The van der Waals surface area contributed by atoms with Crippen molar-refractivity contribution in [3.8, 4) is 11.5 Å². The van der Waals surface area contributed by atoms with Crippen molar-refractivity contribution in [2.24, 2.45) is 7.05 Å². The molecule has 6 heteroatoms. The monoisotopic (exact) mass is 422 g/mol. The fraction of sp³-hybridized carbons (Fsp3) is 0.115. The Morgan fingerprint density at radius 1 is 1.06 bits per heavy atom. The number of hydrogen-bond acceptors (Lipinski definition) is 5. The van der Waals surface area contributed by atoms with Gasteiger partial charge in [-0.1, -0.05) is 24.3 Å². The van der Waals surface area contributed by atoms with Gasteiger partial charge in [0, 0.05) is 53.6 Å². The molecule has 4 heterocycles. The van der Waals surface area contributed by atoms with Gasteiger partial charge in [-0.2, -0.15) is 0 Å². The predicted octanol–water partition coefficient (Wildman–Crippen LogP) is 4.63. The first-order valence-corrected chi connectivity index (χ1v) is 10.4. The van der Waals surface area contributed by atoms with Gasteiger partial charge < -0.3 is 14.0 Å². The molecule has 32 heavy (non-hydrogen) atoms. The van der Waals surface area contributed by atoms with Crippen LogP contribution in [0.1, 0.15) is 39.4 Å². The summed E-state index contributed by atoms with van der Waals surface area (Å²) < 4.78 is 13.7. The maximum atomic E-state index is 13.2. The van der Waals surface area contributed by atoms with Gasteiger partial charge in [-0.15, -0.1) is 0 Å². The van der Waals surface area contributed by atoms with Crippen LogP contribution in [0.5, 0.6) is 11.5 Å². The van der Waals surface area contributed by atoms with Crippen LogP contribution in [-0.4, -0.2) is 21.3 Å². The number of aryl methyl sites for hydroxylation is 1. The van der Waals surface area contributed by atoms with Gasteiger partial charge in [-0.25, -0.2) is 0 Å². The molecule has 0 unspecified atom stereocenters. The number of para-hydroxylation sites is 1. The van der Waals surface area contributed by atoms with Crippen LogP contribution >= 0.6 is 0 Å². The van der Waals surface area contributed by atoms with Crippen molar-refractivity contribution in [2.75, 3.05) is 0 Å². The fourth-order valence-electron chi connectivity index (χ4n) is 4.60. The van der Waals surface area contributed by atoms with Gasteiger partial charge in [0.05, 0.1) is 12.0 Å². The Kier molecular flexibility index (Phi) is 4.01. The number of ketones is 1. The van der Waals surface area contributed by atoms with E-state index < -0.39 is 0 Å². The third-order valence-electron chi connectivity index (χ3n) is 6.08. The van der Waals surface area contributed by atoms with Crippen molar-refractivity contribution in [2.45, 2.75) is 12.3 Å². The maximum absolute atomic E-state index is 13.2. The quantitative estimate of drug-likeness (QED) is 0.268. The molecular weight excluding hydrogens is 404 g/mol. The lowest BCUT2D eigenvalue weighted by Crippen LogP contribution is -2.21. The van der Waals surface area contributed by atoms with Crippen LogP contribution in [-0.2, 0) is 11.8 Å². The van der Waals surface area contributed by atoms with Crippen LogP contribution in [0.2, 0.25) is 0 Å². The fourth-order valence-corrected chi connectivity index (χ4v) is 4.60. The summed E-state index contributed by atoms with van der Waals surface area (Å²) >= 11 is 0. The van der Waals surface area contributed by atoms with Crippen LogP contribution in [0.15, 0.2) is 72.9 Å². The van der Waals surface area contributed by atoms with Crippen molar-refractivity contribution in [3.05, 3.63) is 95.1 Å². The number of Topliss-reactive ketones (excluding diaryl/α,β-unsaturated/α-hetero) is 1. The minimum atomic E-state index is -0.317. The molecule has 0 saturated carbocycles. The lowest BCUT2D eigenvalue weighted by atomic mass is 9.85. The summed E-state index contributed by atoms with van der Waals surface area (Å²) in [4.78, 5) is 29.7. The average Bonchev–Trinajstić information content (AvgIpc) is 3.30. The van der Waals surface area contributed by atoms with Crippen molar-refractivity contribution < 1.29 is 19.1 Å². The lowest BCUT2D eigenvalue weighted by molar-refractivity contribution is -0.135. The molecule has 156 valence electrons. The first-order valence-electron chi connectivity index (χ1n) is 10.4. The van der Waals surface area contributed by atoms with Gasteiger partial charge in [-0.05, 0) is 35.9 Å². The molecule has 0 radical (unpaired) electrons. The second kappa shape index (κ2) is 6.92. The number of ether oxygens (including phenoxy) is 2. The van der Waals surface area contributed by atoms with E-state index in [1.54, 1.807) is 30.6 Å². The number of allylic oxidation sites excluding steroid dienone is 1. The van der Waals surface area contributed by atoms with Gasteiger partial charge in [0.25, 0.3) is 0 Å². The number of carbonyl (C=O) groups excluding carboxylic acids is 2. The van der Waals surface area contributed by atoms with Gasteiger partial charge >= 0.3 is 5.97 Å². The molecular formula is C26H18N2O4. The molecule has 0 spiro atoms. The SMILES string of the molecule is Cn1cc(/C=C2\Oc3c(ccc4c3[C@@H](c3cccnc3)CC(=O)O4)C2=O)c2ccccc21. The molecule has 6 rings (SSSR count). The summed E-state index contributed by atoms with van der Waals surface area (Å²) in [5, 5.41) is 1.04. The topological polar surface area (TPSA) is 70.4 Å². The highest BCUT2D eigenvalue weighted by atomic mass is 16.5. The van der Waals surface area contributed by atoms with E-state index in [0.29, 0.717) is 22.6 Å². The third kappa shape index (κ3) is 2.76. The summed E-state index contributed by atoms with van der Waals surface area (Å²) in [6.07, 6.45) is 7.34. The molecule has 0 amide bonds. The van der Waals surface area contributed by atoms with Crippen LogP contribution < -0.4 is 9.47 Å². The van der Waals surface area contributed by atoms with Crippen LogP contribution in [0, 0.1) is 0 Å². The molecule has 2 aromatic heterocycles. The summed E-state index contributed by atoms with van der Waals surface area (Å²) in [5.41, 5.74) is 4.04. The number of rotatable bonds is 2. The van der Waals surface area contributed by atoms with Gasteiger partial charge in [0.1, 0.15) is 11.5 Å². The Bertz CT molecular complexity index is 1450. The highest BCUT2D eigenvalue weighted by molar-refractivity contribution is 6.15. The second-order valence-electron chi connectivity index (χ2n) is 8.02. The van der Waals surface area contributed by atoms with E-state index in [9.17, 15) is 9.59 Å². The van der Waals surface area contributed by atoms with E-state index in [0.717, 1.165) is 22.0 Å². The van der Waals surface area contributed by atoms with Crippen molar-refractivity contribution in [1.29, 1.82) is 0 Å². The van der Waals surface area contributed by atoms with Crippen molar-refractivity contribution >= 4 is 28.7 Å². The molecule has 0 aliphatic carbocycles. The Labute approximate surface area is 183 Å². The van der Waals surface area contributed by atoms with E-state index in [1.165, 1.54) is 0 Å². The summed E-state index contributed by atoms with van der Waals surface area (Å²) in [5.74, 6) is 0.347. The van der Waals surface area contributed by atoms with Crippen LogP contribution in [0.4, 0.5) is 0 Å². The number of esters is 1. The zero-order valence-corrected chi connectivity index (χ0v) is 17.2. The number of hydrogen-bond donors (Lipinski definition) is 0. The number of carbonyl (C=O) groups is 2. The molecule has 2 aromatic carbocycles. The lowest BCUT2D eigenvalue weighted by Gasteiger charge is -2.26. The zero-order chi connectivity index (χ0) is 21.8. The largest absolute Gasteiger partial charge is 0.452 e. The molecule has 2 aliphatic rings. The average molecular weight is 422 g/mol. The van der Waals surface area contributed by atoms with E-state index in [1.807, 2.05) is 54.2 Å². The number of benzene rings is 2. The van der Waals surface area contributed by atoms with Gasteiger partial charge in [0.2, 0.25) is 5.78 Å². The second-order valence-corrected chi connectivity index (χ2v) is 8.02. The minimum Gasteiger partial charge on any atom is -0.452 e. The smallest absolute Gasteiger partial charge is 0.312 e. The molecule has 0 fully saturated rings. The number of fused-ring (bicyclic) bond motifs is 4. The molecule has 6 nitrogen and oxygen atoms in total. The summed E-state index contributed by atoms with van der Waals surface area (Å²) in [6, 6.07) is 15.1. The number of pyridine rings is 1. The van der Waals surface area contributed by atoms with E-state index in [-0.39, 0.29) is 29.9 Å². The highest BCUT2D eigenvalue weighted by Gasteiger charge is 2.38. The zero-order valence-electron chi connectivity index (χ0n) is 17.2. The molecule has 1 atom stereocenters. The predicted molar refractivity (Wildman–Crippen MR) is 119 cm³/mol. The standard InChI is InChI=1S/C26H18N2O4/c1-28-14-16(17-6-2-3-7-20(17)28)11-22-25(30)18-8-9-21-24(26(18)32-22)19(12-23(29)31-21)15-5-4-10-27-13-15/h2-11,13-14,19H,12H2,1H3/b22-11-/t19-/m1/s1. The Balaban J connectivity index is 1.48. The Morgan fingerprint density at radius 2 is 1.94 bits per heavy atom. The normalized spacial score (nSPS) is 18.4. The third-order valence-corrected chi connectivity index (χ3v) is 6.08. The molecule has 2 aliphatic heterocycles. The number of aromatic nitrogens is 2. The van der Waals surface area contributed by atoms with Crippen molar-refractivity contribution in [1.82, 2.24) is 9.55 Å². The Morgan fingerprint density at radius 3 is 2.78 bits per heavy atom. The highest BCUT2D eigenvalue weighted by Crippen LogP contribution is 2.48. The number of nitrogens with zero attached hydrogens (tertiary/aromatic N) is 2. The van der Waals surface area contributed by atoms with E-state index in [2.05, 4.69) is 4.98 Å². The van der Waals surface area contributed by atoms with Gasteiger partial charge in [-0.3, -0.25) is 14.6 Å². The van der Waals surface area contributed by atoms with Crippen molar-refractivity contribution in [3.63, 3.8) is 0 Å². The maximum Gasteiger partial charge on any atom is 0.312 e. The molecule has 0 N–H and O–H groups in total. The summed E-state index contributed by atoms with van der Waals surface area (Å²) in [6.45, 7) is 0. The first-order chi connectivity index (χ1) is 15.6. The molecule has 4 aromatic rings. The summed E-state index contributed by atoms with van der Waals surface area (Å²) in [7, 11) is 1.97. The first kappa shape index (κ1) is 18.6. The van der Waals surface area contributed by atoms with E-state index in [4.69, 9.17) is 9.47 Å². The molecule has 0 bridgehead atoms. The van der Waals surface area contributed by atoms with Crippen LogP contribution in [0.25, 0.3) is 17.0 Å². The van der Waals surface area contributed by atoms with Gasteiger partial charge in [0.15, 0.2) is 5.76 Å².